The van der Waals surface area contributed by atoms with E-state index >= 15 is 0 Å². The van der Waals surface area contributed by atoms with Crippen LogP contribution in [0.15, 0.2) is 30.5 Å². The van der Waals surface area contributed by atoms with Crippen molar-refractivity contribution in [2.24, 2.45) is 0 Å². The van der Waals surface area contributed by atoms with E-state index in [2.05, 4.69) is 66.6 Å². The molecular formula is C22H28N8O. The monoisotopic (exact) mass is 420 g/mol. The highest BCUT2D eigenvalue weighted by Crippen LogP contribution is 2.48. The minimum atomic E-state index is 0.125. The first kappa shape index (κ1) is 19.9. The summed E-state index contributed by atoms with van der Waals surface area (Å²) in [6.07, 6.45) is 4.23. The lowest BCUT2D eigenvalue weighted by Crippen LogP contribution is -2.46. The molecule has 0 bridgehead atoms. The molecule has 0 amide bonds. The maximum Gasteiger partial charge on any atom is 0.207 e. The Bertz CT molecular complexity index is 996. The van der Waals surface area contributed by atoms with Crippen molar-refractivity contribution in [3.63, 3.8) is 0 Å². The first-order valence-corrected chi connectivity index (χ1v) is 11.0. The fourth-order valence-corrected chi connectivity index (χ4v) is 4.23. The third-order valence-corrected chi connectivity index (χ3v) is 5.81. The van der Waals surface area contributed by atoms with E-state index in [1.54, 1.807) is 6.20 Å². The zero-order valence-electron chi connectivity index (χ0n) is 18.0. The normalized spacial score (nSPS) is 17.3. The van der Waals surface area contributed by atoms with E-state index in [9.17, 15) is 0 Å². The van der Waals surface area contributed by atoms with Crippen LogP contribution in [0, 0.1) is 0 Å². The second-order valence-corrected chi connectivity index (χ2v) is 8.56. The topological polar surface area (TPSA) is 96.0 Å². The number of tetrazole rings is 1. The van der Waals surface area contributed by atoms with Crippen molar-refractivity contribution in [1.82, 2.24) is 35.7 Å². The maximum absolute atomic E-state index is 6.12. The molecule has 0 atom stereocenters. The molecule has 2 aliphatic rings. The molecule has 1 saturated heterocycles. The average Bonchev–Trinajstić information content (AvgIpc) is 3.48. The summed E-state index contributed by atoms with van der Waals surface area (Å²) < 4.78 is 6.12. The standard InChI is InChI=1S/C22H28N8O/c1-15(2)31-18-12-19(16-5-6-16)21(22-25-27-28-26-22)20(13-18)30-10-8-29(9-11-30)14-17-4-3-7-23-24-17/h3-4,7,12-13,15-16H,5-6,8-11,14H2,1-2H3,(H,25,26,27,28). The molecule has 0 spiro atoms. The minimum Gasteiger partial charge on any atom is -0.491 e. The van der Waals surface area contributed by atoms with Crippen LogP contribution in [0.25, 0.3) is 11.4 Å². The Hall–Kier alpha value is -3.07. The number of piperazine rings is 1. The highest BCUT2D eigenvalue weighted by atomic mass is 16.5. The molecule has 0 unspecified atom stereocenters. The molecule has 3 aromatic rings. The zero-order valence-corrected chi connectivity index (χ0v) is 18.0. The van der Waals surface area contributed by atoms with Crippen LogP contribution in [0.1, 0.15) is 43.9 Å². The molecule has 31 heavy (non-hydrogen) atoms. The highest BCUT2D eigenvalue weighted by Gasteiger charge is 2.32. The fraction of sp³-hybridized carbons (Fsp3) is 0.500. The Morgan fingerprint density at radius 2 is 1.97 bits per heavy atom. The molecule has 5 rings (SSSR count). The number of benzene rings is 1. The van der Waals surface area contributed by atoms with Gasteiger partial charge >= 0.3 is 0 Å². The van der Waals surface area contributed by atoms with Gasteiger partial charge in [-0.25, -0.2) is 0 Å². The van der Waals surface area contributed by atoms with Crippen molar-refractivity contribution < 1.29 is 4.74 Å². The summed E-state index contributed by atoms with van der Waals surface area (Å²) in [5.41, 5.74) is 4.51. The molecule has 1 N–H and O–H groups in total. The summed E-state index contributed by atoms with van der Waals surface area (Å²) in [6, 6.07) is 8.30. The second kappa shape index (κ2) is 8.58. The molecule has 1 aliphatic carbocycles. The molecule has 162 valence electrons. The second-order valence-electron chi connectivity index (χ2n) is 8.56. The largest absolute Gasteiger partial charge is 0.491 e. The van der Waals surface area contributed by atoms with Gasteiger partial charge in [-0.15, -0.1) is 10.2 Å². The van der Waals surface area contributed by atoms with Gasteiger partial charge in [0.25, 0.3) is 0 Å². The van der Waals surface area contributed by atoms with Crippen LogP contribution in [-0.2, 0) is 6.54 Å². The van der Waals surface area contributed by atoms with Gasteiger partial charge in [-0.3, -0.25) is 4.90 Å². The maximum atomic E-state index is 6.12. The van der Waals surface area contributed by atoms with Gasteiger partial charge in [0, 0.05) is 45.0 Å². The van der Waals surface area contributed by atoms with E-state index in [1.165, 1.54) is 18.4 Å². The molecule has 2 fully saturated rings. The van der Waals surface area contributed by atoms with Crippen molar-refractivity contribution in [3.05, 3.63) is 41.7 Å². The first-order chi connectivity index (χ1) is 15.2. The molecule has 0 radical (unpaired) electrons. The lowest BCUT2D eigenvalue weighted by atomic mass is 9.98. The molecule has 1 aromatic carbocycles. The van der Waals surface area contributed by atoms with Crippen LogP contribution < -0.4 is 9.64 Å². The van der Waals surface area contributed by atoms with Gasteiger partial charge in [-0.2, -0.15) is 15.4 Å². The van der Waals surface area contributed by atoms with Crippen LogP contribution in [-0.4, -0.2) is 68.0 Å². The number of aromatic amines is 1. The van der Waals surface area contributed by atoms with Crippen molar-refractivity contribution in [2.75, 3.05) is 31.1 Å². The molecule has 2 aromatic heterocycles. The lowest BCUT2D eigenvalue weighted by Gasteiger charge is -2.37. The fourth-order valence-electron chi connectivity index (χ4n) is 4.23. The van der Waals surface area contributed by atoms with Crippen LogP contribution in [0.4, 0.5) is 5.69 Å². The van der Waals surface area contributed by atoms with Gasteiger partial charge in [0.1, 0.15) is 5.75 Å². The summed E-state index contributed by atoms with van der Waals surface area (Å²) >= 11 is 0. The van der Waals surface area contributed by atoms with Crippen LogP contribution in [0.2, 0.25) is 0 Å². The average molecular weight is 421 g/mol. The van der Waals surface area contributed by atoms with E-state index in [4.69, 9.17) is 4.74 Å². The van der Waals surface area contributed by atoms with Gasteiger partial charge in [0.2, 0.25) is 5.82 Å². The van der Waals surface area contributed by atoms with E-state index in [0.29, 0.717) is 11.7 Å². The summed E-state index contributed by atoms with van der Waals surface area (Å²) in [4.78, 5) is 4.85. The minimum absolute atomic E-state index is 0.125. The van der Waals surface area contributed by atoms with Crippen LogP contribution in [0.3, 0.4) is 0 Å². The number of ether oxygens (including phenoxy) is 1. The third-order valence-electron chi connectivity index (χ3n) is 5.81. The lowest BCUT2D eigenvalue weighted by molar-refractivity contribution is 0.240. The quantitative estimate of drug-likeness (QED) is 0.623. The summed E-state index contributed by atoms with van der Waals surface area (Å²) in [7, 11) is 0. The Balaban J connectivity index is 1.43. The Morgan fingerprint density at radius 1 is 1.13 bits per heavy atom. The van der Waals surface area contributed by atoms with Crippen molar-refractivity contribution in [1.29, 1.82) is 0 Å². The summed E-state index contributed by atoms with van der Waals surface area (Å²) in [5, 5.41) is 23.3. The van der Waals surface area contributed by atoms with Gasteiger partial charge in [-0.1, -0.05) is 0 Å². The van der Waals surface area contributed by atoms with E-state index in [-0.39, 0.29) is 6.10 Å². The molecule has 1 saturated carbocycles. The number of nitrogens with zero attached hydrogens (tertiary/aromatic N) is 7. The van der Waals surface area contributed by atoms with Crippen molar-refractivity contribution >= 4 is 5.69 Å². The van der Waals surface area contributed by atoms with Gasteiger partial charge in [0.05, 0.1) is 23.0 Å². The Labute approximate surface area is 181 Å². The van der Waals surface area contributed by atoms with Gasteiger partial charge in [-0.05, 0) is 61.6 Å². The zero-order chi connectivity index (χ0) is 21.2. The SMILES string of the molecule is CC(C)Oc1cc(C2CC2)c(-c2nn[nH]n2)c(N2CCN(Cc3cccnn3)CC2)c1. The number of aromatic nitrogens is 6. The summed E-state index contributed by atoms with van der Waals surface area (Å²) in [6.45, 7) is 8.69. The number of nitrogens with one attached hydrogen (secondary N) is 1. The predicted octanol–water partition coefficient (Wildman–Crippen LogP) is 2.64. The molecule has 1 aliphatic heterocycles. The van der Waals surface area contributed by atoms with Crippen molar-refractivity contribution in [3.8, 4) is 17.1 Å². The number of rotatable bonds is 7. The Morgan fingerprint density at radius 3 is 2.61 bits per heavy atom. The van der Waals surface area contributed by atoms with Crippen molar-refractivity contribution in [2.45, 2.75) is 45.3 Å². The van der Waals surface area contributed by atoms with Crippen LogP contribution in [0.5, 0.6) is 5.75 Å². The van der Waals surface area contributed by atoms with E-state index in [1.807, 2.05) is 12.1 Å². The number of anilines is 1. The number of hydrogen-bond acceptors (Lipinski definition) is 8. The molecule has 9 nitrogen and oxygen atoms in total. The van der Waals surface area contributed by atoms with E-state index in [0.717, 1.165) is 55.4 Å². The summed E-state index contributed by atoms with van der Waals surface area (Å²) in [5.74, 6) is 2.12. The van der Waals surface area contributed by atoms with Crippen LogP contribution >= 0.6 is 0 Å². The van der Waals surface area contributed by atoms with Gasteiger partial charge in [0.15, 0.2) is 0 Å². The molecular weight excluding hydrogens is 392 g/mol. The predicted molar refractivity (Wildman–Crippen MR) is 117 cm³/mol. The first-order valence-electron chi connectivity index (χ1n) is 11.0. The molecule has 3 heterocycles. The number of hydrogen-bond donors (Lipinski definition) is 1. The van der Waals surface area contributed by atoms with E-state index < -0.39 is 0 Å². The van der Waals surface area contributed by atoms with Gasteiger partial charge < -0.3 is 9.64 Å². The Kier molecular flexibility index (Phi) is 5.50. The highest BCUT2D eigenvalue weighted by molar-refractivity contribution is 5.80. The molecule has 9 heteroatoms. The smallest absolute Gasteiger partial charge is 0.207 e. The third kappa shape index (κ3) is 4.51. The number of H-pyrrole nitrogens is 1.